The number of carboxylic acid groups (broad SMARTS) is 1. The first-order valence-corrected chi connectivity index (χ1v) is 12.8. The molecule has 3 rings (SSSR count). The minimum atomic E-state index is -2.93. The zero-order valence-corrected chi connectivity index (χ0v) is 17.3. The van der Waals surface area contributed by atoms with E-state index >= 15 is 0 Å². The summed E-state index contributed by atoms with van der Waals surface area (Å²) < 4.78 is 25.6. The molecule has 0 radical (unpaired) electrons. The van der Waals surface area contributed by atoms with E-state index in [1.165, 1.54) is 25.7 Å². The van der Waals surface area contributed by atoms with Crippen molar-refractivity contribution in [2.24, 2.45) is 23.7 Å². The lowest BCUT2D eigenvalue weighted by atomic mass is 9.76. The molecule has 3 fully saturated rings. The Kier molecular flexibility index (Phi) is 7.41. The van der Waals surface area contributed by atoms with Crippen molar-refractivity contribution in [1.82, 2.24) is 0 Å². The lowest BCUT2D eigenvalue weighted by Gasteiger charge is -2.31. The van der Waals surface area contributed by atoms with Gasteiger partial charge in [-0.05, 0) is 81.5 Å². The molecule has 3 aliphatic carbocycles. The summed E-state index contributed by atoms with van der Waals surface area (Å²) in [5.74, 6) is 2.40. The number of carboxylic acids is 1. The second kappa shape index (κ2) is 9.58. The minimum Gasteiger partial charge on any atom is -0.481 e. The summed E-state index contributed by atoms with van der Waals surface area (Å²) in [6.07, 6.45) is 17.0. The van der Waals surface area contributed by atoms with Gasteiger partial charge in [-0.3, -0.25) is 4.79 Å². The summed E-state index contributed by atoms with van der Waals surface area (Å²) in [5.41, 5.74) is 0. The van der Waals surface area contributed by atoms with Crippen molar-refractivity contribution in [3.63, 3.8) is 0 Å². The Morgan fingerprint density at radius 1 is 0.963 bits per heavy atom. The lowest BCUT2D eigenvalue weighted by molar-refractivity contribution is -0.137. The average Bonchev–Trinajstić information content (AvgIpc) is 3.25. The number of hydrogen-bond donors (Lipinski definition) is 1. The Labute approximate surface area is 164 Å². The van der Waals surface area contributed by atoms with E-state index in [9.17, 15) is 13.2 Å². The average molecular weight is 397 g/mol. The first-order chi connectivity index (χ1) is 13.0. The van der Waals surface area contributed by atoms with Gasteiger partial charge in [0.05, 0.1) is 11.0 Å². The van der Waals surface area contributed by atoms with Crippen molar-refractivity contribution in [3.05, 3.63) is 12.2 Å². The van der Waals surface area contributed by atoms with Crippen molar-refractivity contribution in [2.75, 3.05) is 5.75 Å². The fourth-order valence-electron chi connectivity index (χ4n) is 5.98. The minimum absolute atomic E-state index is 0.0718. The van der Waals surface area contributed by atoms with Crippen molar-refractivity contribution in [3.8, 4) is 0 Å². The van der Waals surface area contributed by atoms with Crippen LogP contribution in [-0.2, 0) is 14.6 Å². The van der Waals surface area contributed by atoms with Crippen molar-refractivity contribution in [1.29, 1.82) is 0 Å². The number of allylic oxidation sites excluding steroid dienone is 2. The molecule has 5 heteroatoms. The molecule has 0 heterocycles. The second-order valence-corrected chi connectivity index (χ2v) is 11.5. The van der Waals surface area contributed by atoms with E-state index in [4.69, 9.17) is 5.11 Å². The number of aliphatic carboxylic acids is 1. The van der Waals surface area contributed by atoms with E-state index in [0.717, 1.165) is 56.8 Å². The smallest absolute Gasteiger partial charge is 0.303 e. The van der Waals surface area contributed by atoms with Crippen LogP contribution in [0.1, 0.15) is 83.5 Å². The monoisotopic (exact) mass is 396 g/mol. The van der Waals surface area contributed by atoms with Crippen LogP contribution >= 0.6 is 0 Å². The van der Waals surface area contributed by atoms with E-state index in [2.05, 4.69) is 12.2 Å². The third-order valence-electron chi connectivity index (χ3n) is 7.41. The first-order valence-electron chi connectivity index (χ1n) is 11.1. The SMILES string of the molecule is O=C(O)CCC/C=C\C[C@H]1[C@H]2CC[C@H](C2)[C@H]1CCS(=O)(=O)C1CCCCC1. The normalized spacial score (nSPS) is 31.7. The molecule has 0 spiro atoms. The lowest BCUT2D eigenvalue weighted by Crippen LogP contribution is -2.30. The Bertz CT molecular complexity index is 618. The topological polar surface area (TPSA) is 71.4 Å². The molecule has 154 valence electrons. The van der Waals surface area contributed by atoms with Crippen LogP contribution < -0.4 is 0 Å². The Hall–Kier alpha value is -0.840. The standard InChI is InChI=1S/C22H36O4S/c23-22(24)11-7-2-1-6-10-20-17-12-13-18(16-17)21(20)14-15-27(25,26)19-8-4-3-5-9-19/h1,6,17-21H,2-5,7-16H2,(H,23,24)/b6-1-/t17-,18+,20-,21+/m0/s1. The highest BCUT2D eigenvalue weighted by atomic mass is 32.2. The summed E-state index contributed by atoms with van der Waals surface area (Å²) in [7, 11) is -2.93. The van der Waals surface area contributed by atoms with Crippen molar-refractivity contribution in [2.45, 2.75) is 88.7 Å². The molecule has 0 aromatic rings. The van der Waals surface area contributed by atoms with Crippen LogP contribution in [0.25, 0.3) is 0 Å². The number of sulfone groups is 1. The van der Waals surface area contributed by atoms with Gasteiger partial charge in [0.15, 0.2) is 9.84 Å². The summed E-state index contributed by atoms with van der Waals surface area (Å²) in [6, 6.07) is 0. The largest absolute Gasteiger partial charge is 0.481 e. The maximum absolute atomic E-state index is 12.8. The van der Waals surface area contributed by atoms with Crippen molar-refractivity contribution < 1.29 is 18.3 Å². The predicted molar refractivity (Wildman–Crippen MR) is 108 cm³/mol. The van der Waals surface area contributed by atoms with Crippen LogP contribution in [0.4, 0.5) is 0 Å². The van der Waals surface area contributed by atoms with Gasteiger partial charge in [0, 0.05) is 6.42 Å². The summed E-state index contributed by atoms with van der Waals surface area (Å²) in [4.78, 5) is 10.6. The van der Waals surface area contributed by atoms with Gasteiger partial charge in [0.2, 0.25) is 0 Å². The molecule has 0 aromatic carbocycles. The van der Waals surface area contributed by atoms with E-state index in [-0.39, 0.29) is 11.7 Å². The molecule has 0 unspecified atom stereocenters. The number of fused-ring (bicyclic) bond motifs is 2. The van der Waals surface area contributed by atoms with Gasteiger partial charge in [0.25, 0.3) is 0 Å². The number of carbonyl (C=O) groups is 1. The molecule has 0 saturated heterocycles. The van der Waals surface area contributed by atoms with Gasteiger partial charge in [0.1, 0.15) is 0 Å². The van der Waals surface area contributed by atoms with E-state index < -0.39 is 15.8 Å². The maximum Gasteiger partial charge on any atom is 0.303 e. The van der Waals surface area contributed by atoms with Gasteiger partial charge in [-0.1, -0.05) is 31.4 Å². The Balaban J connectivity index is 1.49. The quantitative estimate of drug-likeness (QED) is 0.417. The van der Waals surface area contributed by atoms with Crippen LogP contribution in [0.5, 0.6) is 0 Å². The molecule has 3 saturated carbocycles. The van der Waals surface area contributed by atoms with Crippen LogP contribution in [0.15, 0.2) is 12.2 Å². The number of rotatable bonds is 10. The molecular formula is C22H36O4S. The van der Waals surface area contributed by atoms with Gasteiger partial charge in [-0.2, -0.15) is 0 Å². The molecule has 1 N–H and O–H groups in total. The zero-order valence-electron chi connectivity index (χ0n) is 16.5. The summed E-state index contributed by atoms with van der Waals surface area (Å²) in [6.45, 7) is 0. The highest BCUT2D eigenvalue weighted by molar-refractivity contribution is 7.92. The van der Waals surface area contributed by atoms with E-state index in [0.29, 0.717) is 24.0 Å². The third-order valence-corrected chi connectivity index (χ3v) is 9.70. The maximum atomic E-state index is 12.8. The van der Waals surface area contributed by atoms with Crippen LogP contribution in [0.3, 0.4) is 0 Å². The molecular weight excluding hydrogens is 360 g/mol. The highest BCUT2D eigenvalue weighted by Gasteiger charge is 2.46. The molecule has 0 amide bonds. The summed E-state index contributed by atoms with van der Waals surface area (Å²) in [5, 5.41) is 8.62. The first kappa shape index (κ1) is 20.9. The van der Waals surface area contributed by atoms with Crippen LogP contribution in [0, 0.1) is 23.7 Å². The van der Waals surface area contributed by atoms with Crippen LogP contribution in [0.2, 0.25) is 0 Å². The van der Waals surface area contributed by atoms with Gasteiger partial charge < -0.3 is 5.11 Å². The van der Waals surface area contributed by atoms with Gasteiger partial charge in [-0.25, -0.2) is 8.42 Å². The van der Waals surface area contributed by atoms with Crippen molar-refractivity contribution >= 4 is 15.8 Å². The fourth-order valence-corrected chi connectivity index (χ4v) is 7.97. The molecule has 27 heavy (non-hydrogen) atoms. The number of unbranched alkanes of at least 4 members (excludes halogenated alkanes) is 1. The van der Waals surface area contributed by atoms with Gasteiger partial charge >= 0.3 is 5.97 Å². The molecule has 0 aliphatic heterocycles. The molecule has 0 aromatic heterocycles. The van der Waals surface area contributed by atoms with E-state index in [1.807, 2.05) is 0 Å². The summed E-state index contributed by atoms with van der Waals surface area (Å²) >= 11 is 0. The molecule has 2 bridgehead atoms. The molecule has 4 nitrogen and oxygen atoms in total. The Morgan fingerprint density at radius 3 is 2.37 bits per heavy atom. The Morgan fingerprint density at radius 2 is 1.67 bits per heavy atom. The fraction of sp³-hybridized carbons (Fsp3) is 0.864. The number of hydrogen-bond acceptors (Lipinski definition) is 3. The zero-order chi connectivity index (χ0) is 19.3. The predicted octanol–water partition coefficient (Wildman–Crippen LogP) is 4.99. The second-order valence-electron chi connectivity index (χ2n) is 9.07. The van der Waals surface area contributed by atoms with E-state index in [1.54, 1.807) is 0 Å². The van der Waals surface area contributed by atoms with Gasteiger partial charge in [-0.15, -0.1) is 0 Å². The molecule has 4 atom stereocenters. The van der Waals surface area contributed by atoms with Crippen LogP contribution in [-0.4, -0.2) is 30.5 Å². The molecule has 3 aliphatic rings. The third kappa shape index (κ3) is 5.58. The highest BCUT2D eigenvalue weighted by Crippen LogP contribution is 2.55.